The average molecular weight is 401 g/mol. The molecule has 2 amide bonds. The van der Waals surface area contributed by atoms with E-state index >= 15 is 0 Å². The third-order valence-corrected chi connectivity index (χ3v) is 3.89. The van der Waals surface area contributed by atoms with Crippen LogP contribution in [0.5, 0.6) is 0 Å². The zero-order chi connectivity index (χ0) is 19.7. The molecule has 1 aromatic rings. The lowest BCUT2D eigenvalue weighted by Gasteiger charge is -2.15. The van der Waals surface area contributed by atoms with Crippen molar-refractivity contribution < 1.29 is 28.7 Å². The van der Waals surface area contributed by atoms with Crippen LogP contribution in [0.25, 0.3) is 0 Å². The summed E-state index contributed by atoms with van der Waals surface area (Å²) in [6.45, 7) is 0. The van der Waals surface area contributed by atoms with Crippen molar-refractivity contribution in [3.8, 4) is 0 Å². The van der Waals surface area contributed by atoms with E-state index in [-0.39, 0.29) is 22.9 Å². The maximum absolute atomic E-state index is 12.2. The van der Waals surface area contributed by atoms with E-state index < -0.39 is 35.8 Å². The molecule has 9 nitrogen and oxygen atoms in total. The van der Waals surface area contributed by atoms with Crippen LogP contribution >= 0.6 is 25.3 Å². The van der Waals surface area contributed by atoms with E-state index in [4.69, 9.17) is 0 Å². The number of amides is 2. The summed E-state index contributed by atoms with van der Waals surface area (Å²) in [6.07, 6.45) is 0. The second-order valence-electron chi connectivity index (χ2n) is 4.87. The molecule has 11 heteroatoms. The fourth-order valence-corrected chi connectivity index (χ4v) is 2.28. The van der Waals surface area contributed by atoms with Crippen molar-refractivity contribution in [2.75, 3.05) is 25.7 Å². The molecule has 1 rings (SSSR count). The number of methoxy groups -OCH3 is 2. The Hall–Kier alpha value is -2.27. The molecule has 0 unspecified atom stereocenters. The van der Waals surface area contributed by atoms with E-state index in [1.165, 1.54) is 32.4 Å². The van der Waals surface area contributed by atoms with Gasteiger partial charge in [-0.3, -0.25) is 9.59 Å². The van der Waals surface area contributed by atoms with Crippen molar-refractivity contribution in [3.63, 3.8) is 0 Å². The monoisotopic (exact) mass is 401 g/mol. The van der Waals surface area contributed by atoms with Crippen molar-refractivity contribution in [3.05, 3.63) is 29.6 Å². The molecule has 26 heavy (non-hydrogen) atoms. The molecule has 0 spiro atoms. The maximum atomic E-state index is 12.2. The topological polar surface area (TPSA) is 124 Å². The molecule has 0 bridgehead atoms. The summed E-state index contributed by atoms with van der Waals surface area (Å²) in [7, 11) is 2.38. The van der Waals surface area contributed by atoms with Gasteiger partial charge in [-0.15, -0.1) is 0 Å². The molecule has 0 saturated carbocycles. The minimum absolute atomic E-state index is 0.0291. The maximum Gasteiger partial charge on any atom is 0.329 e. The van der Waals surface area contributed by atoms with Gasteiger partial charge in [0.2, 0.25) is 0 Å². The molecule has 0 aliphatic rings. The number of carbonyl (C=O) groups is 4. The van der Waals surface area contributed by atoms with E-state index in [2.05, 4.69) is 50.3 Å². The SMILES string of the molecule is COC(=O)[C@H](CS)NC(=O)c1cccc(C(=O)N[C@@H](CS)C(=O)OC)n1. The van der Waals surface area contributed by atoms with Crippen molar-refractivity contribution >= 4 is 49.0 Å². The number of nitrogens with one attached hydrogen (secondary N) is 2. The number of rotatable bonds is 8. The van der Waals surface area contributed by atoms with E-state index in [9.17, 15) is 19.2 Å². The predicted octanol–water partition coefficient (Wildman–Crippen LogP) is -0.516. The molecule has 0 aliphatic carbocycles. The summed E-state index contributed by atoms with van der Waals surface area (Å²) in [5.74, 6) is -2.61. The van der Waals surface area contributed by atoms with Crippen LogP contribution in [0.1, 0.15) is 21.0 Å². The lowest BCUT2D eigenvalue weighted by molar-refractivity contribution is -0.143. The van der Waals surface area contributed by atoms with Gasteiger partial charge >= 0.3 is 11.9 Å². The third kappa shape index (κ3) is 5.92. The highest BCUT2D eigenvalue weighted by Crippen LogP contribution is 2.03. The highest BCUT2D eigenvalue weighted by molar-refractivity contribution is 7.80. The lowest BCUT2D eigenvalue weighted by Crippen LogP contribution is -2.44. The molecule has 1 heterocycles. The van der Waals surface area contributed by atoms with E-state index in [0.717, 1.165) is 0 Å². The second-order valence-corrected chi connectivity index (χ2v) is 5.60. The van der Waals surface area contributed by atoms with Gasteiger partial charge in [0.1, 0.15) is 23.5 Å². The zero-order valence-electron chi connectivity index (χ0n) is 14.1. The molecular formula is C15H19N3O6S2. The van der Waals surface area contributed by atoms with E-state index in [1.807, 2.05) is 0 Å². The molecule has 2 atom stereocenters. The van der Waals surface area contributed by atoms with Gasteiger partial charge in [-0.1, -0.05) is 6.07 Å². The average Bonchev–Trinajstić information content (AvgIpc) is 2.68. The van der Waals surface area contributed by atoms with Crippen molar-refractivity contribution in [2.24, 2.45) is 0 Å². The first-order chi connectivity index (χ1) is 12.4. The van der Waals surface area contributed by atoms with Crippen molar-refractivity contribution in [1.29, 1.82) is 0 Å². The van der Waals surface area contributed by atoms with Crippen LogP contribution in [0.3, 0.4) is 0 Å². The number of aromatic nitrogens is 1. The van der Waals surface area contributed by atoms with Gasteiger partial charge < -0.3 is 20.1 Å². The fourth-order valence-electron chi connectivity index (χ4n) is 1.79. The number of hydrogen-bond donors (Lipinski definition) is 4. The molecule has 0 aliphatic heterocycles. The fraction of sp³-hybridized carbons (Fsp3) is 0.400. The summed E-state index contributed by atoms with van der Waals surface area (Å²) in [4.78, 5) is 51.4. The van der Waals surface area contributed by atoms with Crippen LogP contribution in [0.15, 0.2) is 18.2 Å². The molecule has 2 N–H and O–H groups in total. The number of thiol groups is 2. The largest absolute Gasteiger partial charge is 0.467 e. The van der Waals surface area contributed by atoms with Gasteiger partial charge in [-0.25, -0.2) is 14.6 Å². The summed E-state index contributed by atoms with van der Waals surface area (Å²) in [5.41, 5.74) is -0.178. The van der Waals surface area contributed by atoms with Gasteiger partial charge in [-0.2, -0.15) is 25.3 Å². The molecule has 0 fully saturated rings. The lowest BCUT2D eigenvalue weighted by atomic mass is 10.2. The number of nitrogens with zero attached hydrogens (tertiary/aromatic N) is 1. The van der Waals surface area contributed by atoms with Crippen LogP contribution in [0, 0.1) is 0 Å². The van der Waals surface area contributed by atoms with Gasteiger partial charge in [0, 0.05) is 11.5 Å². The van der Waals surface area contributed by atoms with Crippen LogP contribution in [0.2, 0.25) is 0 Å². The Balaban J connectivity index is 2.89. The molecule has 1 aromatic heterocycles. The summed E-state index contributed by atoms with van der Waals surface area (Å²) < 4.78 is 9.11. The smallest absolute Gasteiger partial charge is 0.329 e. The van der Waals surface area contributed by atoms with Gasteiger partial charge in [0.05, 0.1) is 14.2 Å². The molecule has 0 radical (unpaired) electrons. The first-order valence-electron chi connectivity index (χ1n) is 7.34. The Kier molecular flexibility index (Phi) is 8.93. The first kappa shape index (κ1) is 21.8. The number of carbonyl (C=O) groups excluding carboxylic acids is 4. The number of hydrogen-bond acceptors (Lipinski definition) is 9. The Morgan fingerprint density at radius 1 is 0.923 bits per heavy atom. The minimum atomic E-state index is -0.956. The standard InChI is InChI=1S/C15H19N3O6S2/c1-23-14(21)10(6-25)17-12(19)8-4-3-5-9(16-8)13(20)18-11(7-26)15(22)24-2/h3-5,10-11,25-26H,6-7H2,1-2H3,(H,17,19)(H,18,20)/t10-,11-/m0/s1. The Bertz CT molecular complexity index is 632. The van der Waals surface area contributed by atoms with Crippen LogP contribution in [-0.2, 0) is 19.1 Å². The van der Waals surface area contributed by atoms with Crippen LogP contribution < -0.4 is 10.6 Å². The summed E-state index contributed by atoms with van der Waals surface area (Å²) >= 11 is 7.95. The van der Waals surface area contributed by atoms with Crippen molar-refractivity contribution in [2.45, 2.75) is 12.1 Å². The third-order valence-electron chi connectivity index (χ3n) is 3.16. The highest BCUT2D eigenvalue weighted by atomic mass is 32.1. The van der Waals surface area contributed by atoms with Gasteiger partial charge in [-0.05, 0) is 12.1 Å². The van der Waals surface area contributed by atoms with Gasteiger partial charge in [0.15, 0.2) is 0 Å². The normalized spacial score (nSPS) is 12.5. The predicted molar refractivity (Wildman–Crippen MR) is 98.5 cm³/mol. The highest BCUT2D eigenvalue weighted by Gasteiger charge is 2.23. The Labute approximate surface area is 161 Å². The van der Waals surface area contributed by atoms with E-state index in [1.54, 1.807) is 0 Å². The quantitative estimate of drug-likeness (QED) is 0.341. The molecule has 142 valence electrons. The minimum Gasteiger partial charge on any atom is -0.467 e. The van der Waals surface area contributed by atoms with Gasteiger partial charge in [0.25, 0.3) is 11.8 Å². The second kappa shape index (κ2) is 10.7. The Morgan fingerprint density at radius 2 is 1.31 bits per heavy atom. The molecule has 0 saturated heterocycles. The summed E-state index contributed by atoms with van der Waals surface area (Å²) in [5, 5.41) is 4.82. The van der Waals surface area contributed by atoms with Crippen LogP contribution in [-0.4, -0.2) is 66.5 Å². The number of pyridine rings is 1. The number of ether oxygens (including phenoxy) is 2. The van der Waals surface area contributed by atoms with Crippen molar-refractivity contribution in [1.82, 2.24) is 15.6 Å². The molecule has 0 aromatic carbocycles. The van der Waals surface area contributed by atoms with Crippen LogP contribution in [0.4, 0.5) is 0 Å². The Morgan fingerprint density at radius 3 is 1.62 bits per heavy atom. The zero-order valence-corrected chi connectivity index (χ0v) is 15.9. The summed E-state index contributed by atoms with van der Waals surface area (Å²) in [6, 6.07) is 2.27. The number of esters is 2. The molecular weight excluding hydrogens is 382 g/mol. The first-order valence-corrected chi connectivity index (χ1v) is 8.60. The van der Waals surface area contributed by atoms with E-state index in [0.29, 0.717) is 0 Å².